The van der Waals surface area contributed by atoms with Crippen molar-refractivity contribution in [1.82, 2.24) is 4.57 Å². The van der Waals surface area contributed by atoms with Crippen molar-refractivity contribution in [2.75, 3.05) is 0 Å². The third-order valence-electron chi connectivity index (χ3n) is 16.1. The highest BCUT2D eigenvalue weighted by atomic mass is 15.0. The SMILES string of the molecule is CC.CC.CC.CC.CC1=C(C2=C(C)CCC(C3=Cc4c(c5ccccc5n4-c4ccc5c(c4)C(C)(C)c4ccc(-c6ccccc6C)c(C)c4-5)CC3)=C2)CCC=C1.CC1=CCC(c2ccccc2)=CC(c2ccccc2)=C1.CCC. The molecule has 0 fully saturated rings. The van der Waals surface area contributed by atoms with Gasteiger partial charge in [-0.1, -0.05) is 258 Å². The van der Waals surface area contributed by atoms with Crippen LogP contribution in [0.3, 0.4) is 0 Å². The number of aromatic nitrogens is 1. The fourth-order valence-electron chi connectivity index (χ4n) is 12.1. The maximum absolute atomic E-state index is 2.57. The molecule has 0 amide bonds. The highest BCUT2D eigenvalue weighted by Gasteiger charge is 2.38. The van der Waals surface area contributed by atoms with Gasteiger partial charge in [0, 0.05) is 16.5 Å². The molecule has 0 N–H and O–H groups in total. The molecule has 1 aromatic heterocycles. The monoisotopic (exact) mass is 1070 g/mol. The van der Waals surface area contributed by atoms with E-state index in [1.807, 2.05) is 55.4 Å². The predicted octanol–water partition coefficient (Wildman–Crippen LogP) is 24.3. The van der Waals surface area contributed by atoms with Crippen LogP contribution < -0.4 is 0 Å². The number of nitrogens with zero attached hydrogens (tertiary/aromatic N) is 1. The van der Waals surface area contributed by atoms with Crippen LogP contribution in [0.1, 0.15) is 193 Å². The zero-order valence-electron chi connectivity index (χ0n) is 52.9. The maximum atomic E-state index is 2.57. The van der Waals surface area contributed by atoms with Gasteiger partial charge in [0.05, 0.1) is 11.2 Å². The van der Waals surface area contributed by atoms with Gasteiger partial charge in [-0.25, -0.2) is 0 Å². The number of hydrogen-bond donors (Lipinski definition) is 0. The van der Waals surface area contributed by atoms with Crippen LogP contribution in [0.5, 0.6) is 0 Å². The topological polar surface area (TPSA) is 4.93 Å². The lowest BCUT2D eigenvalue weighted by atomic mass is 9.80. The minimum absolute atomic E-state index is 0.0889. The third kappa shape index (κ3) is 13.8. The molecule has 1 nitrogen and oxygen atoms in total. The Balaban J connectivity index is 0.000000284. The summed E-state index contributed by atoms with van der Waals surface area (Å²) in [6, 6.07) is 51.2. The fraction of sp³-hybridized carbons (Fsp3) is 0.325. The highest BCUT2D eigenvalue weighted by molar-refractivity contribution is 5.93. The van der Waals surface area contributed by atoms with Gasteiger partial charge in [0.1, 0.15) is 0 Å². The number of allylic oxidation sites excluding steroid dienone is 15. The summed E-state index contributed by atoms with van der Waals surface area (Å²) in [5, 5.41) is 1.39. The fourth-order valence-corrected chi connectivity index (χ4v) is 12.1. The van der Waals surface area contributed by atoms with Crippen LogP contribution in [-0.4, -0.2) is 4.57 Å². The van der Waals surface area contributed by atoms with E-state index in [2.05, 4.69) is 249 Å². The van der Waals surface area contributed by atoms with Crippen LogP contribution in [0.4, 0.5) is 0 Å². The van der Waals surface area contributed by atoms with Crippen LogP contribution >= 0.6 is 0 Å². The first kappa shape index (κ1) is 63.0. The molecule has 12 rings (SSSR count). The van der Waals surface area contributed by atoms with E-state index in [4.69, 9.17) is 0 Å². The molecule has 0 spiro atoms. The number of fused-ring (bicyclic) bond motifs is 6. The molecule has 0 atom stereocenters. The van der Waals surface area contributed by atoms with Gasteiger partial charge >= 0.3 is 0 Å². The van der Waals surface area contributed by atoms with Crippen molar-refractivity contribution in [3.8, 4) is 27.9 Å². The second-order valence-electron chi connectivity index (χ2n) is 21.5. The van der Waals surface area contributed by atoms with Gasteiger partial charge in [-0.05, 0) is 204 Å². The quantitative estimate of drug-likeness (QED) is 0.156. The first-order valence-electron chi connectivity index (χ1n) is 31.1. The third-order valence-corrected chi connectivity index (χ3v) is 16.1. The van der Waals surface area contributed by atoms with E-state index < -0.39 is 0 Å². The van der Waals surface area contributed by atoms with E-state index in [-0.39, 0.29) is 5.41 Å². The van der Waals surface area contributed by atoms with Crippen molar-refractivity contribution in [3.63, 3.8) is 0 Å². The molecule has 5 aliphatic carbocycles. The number of para-hydroxylation sites is 1. The minimum atomic E-state index is -0.0889. The van der Waals surface area contributed by atoms with Gasteiger partial charge in [-0.15, -0.1) is 0 Å². The van der Waals surface area contributed by atoms with Crippen molar-refractivity contribution in [3.05, 3.63) is 260 Å². The lowest BCUT2D eigenvalue weighted by molar-refractivity contribution is 0.659. The van der Waals surface area contributed by atoms with E-state index in [1.54, 1.807) is 11.1 Å². The first-order chi connectivity index (χ1) is 39.5. The Labute approximate surface area is 492 Å². The lowest BCUT2D eigenvalue weighted by Crippen LogP contribution is -2.15. The summed E-state index contributed by atoms with van der Waals surface area (Å²) in [6.45, 7) is 36.4. The van der Waals surface area contributed by atoms with Crippen molar-refractivity contribution in [1.29, 1.82) is 0 Å². The summed E-state index contributed by atoms with van der Waals surface area (Å²) in [6.07, 6.45) is 25.7. The second kappa shape index (κ2) is 30.0. The molecule has 0 bridgehead atoms. The molecule has 5 aliphatic rings. The lowest BCUT2D eigenvalue weighted by Gasteiger charge is -2.26. The molecule has 422 valence electrons. The summed E-state index contributed by atoms with van der Waals surface area (Å²) in [5.41, 5.74) is 32.0. The first-order valence-corrected chi connectivity index (χ1v) is 31.1. The smallest absolute Gasteiger partial charge is 0.0537 e. The van der Waals surface area contributed by atoms with Crippen molar-refractivity contribution in [2.45, 2.75) is 174 Å². The number of rotatable bonds is 6. The summed E-state index contributed by atoms with van der Waals surface area (Å²) in [5.74, 6) is 0. The molecule has 0 saturated carbocycles. The molecule has 6 aromatic carbocycles. The predicted molar refractivity (Wildman–Crippen MR) is 362 cm³/mol. The van der Waals surface area contributed by atoms with Gasteiger partial charge in [-0.3, -0.25) is 0 Å². The van der Waals surface area contributed by atoms with E-state index in [1.165, 1.54) is 129 Å². The minimum Gasteiger partial charge on any atom is -0.310 e. The van der Waals surface area contributed by atoms with Crippen molar-refractivity contribution >= 4 is 28.1 Å². The molecule has 0 saturated heterocycles. The Bertz CT molecular complexity index is 3510. The van der Waals surface area contributed by atoms with Crippen LogP contribution in [0, 0.1) is 13.8 Å². The normalized spacial score (nSPS) is 15.2. The van der Waals surface area contributed by atoms with E-state index in [0.29, 0.717) is 0 Å². The highest BCUT2D eigenvalue weighted by Crippen LogP contribution is 2.53. The standard InChI is InChI=1S/C49H47N.C20H18.C3H8.4C2H6/c1-30-13-7-9-15-37(30)39-25-26-44-48(33(39)4)42-24-22-36(29-45(42)49(44,5)6)50-46-18-12-11-17-40(46)41-23-21-35(28-47(41)50)34-20-19-32(3)43(27-34)38-16-10-8-14-31(38)2;1-16-12-13-19(17-8-4-2-5-9-17)15-20(14-16)18-10-6-3-7-11-18;1-3-2;4*1-2/h7-9,11-15,17-18,22,24-29H,10,16,19-21,23H2,1-6H3;2-12,14-15H,13H2,1H3;3H2,1-2H3;4*1-2H3. The molecular weight excluding hydrogens is 975 g/mol. The molecule has 1 heteroatoms. The zero-order chi connectivity index (χ0) is 58.8. The van der Waals surface area contributed by atoms with Gasteiger partial charge < -0.3 is 4.57 Å². The second-order valence-corrected chi connectivity index (χ2v) is 21.5. The Morgan fingerprint density at radius 2 is 1.12 bits per heavy atom. The average Bonchev–Trinajstić information content (AvgIpc) is 3.98. The summed E-state index contributed by atoms with van der Waals surface area (Å²) < 4.78 is 2.57. The molecule has 81 heavy (non-hydrogen) atoms. The molecule has 7 aromatic rings. The number of benzene rings is 6. The van der Waals surface area contributed by atoms with Crippen LogP contribution in [0.15, 0.2) is 215 Å². The van der Waals surface area contributed by atoms with E-state index >= 15 is 0 Å². The Hall–Kier alpha value is -7.22. The number of hydrogen-bond acceptors (Lipinski definition) is 0. The Morgan fingerprint density at radius 1 is 0.519 bits per heavy atom. The van der Waals surface area contributed by atoms with Gasteiger partial charge in [0.2, 0.25) is 0 Å². The van der Waals surface area contributed by atoms with Gasteiger partial charge in [0.25, 0.3) is 0 Å². The molecular formula is C80H97N. The zero-order valence-corrected chi connectivity index (χ0v) is 52.9. The van der Waals surface area contributed by atoms with E-state index in [0.717, 1.165) is 44.9 Å². The van der Waals surface area contributed by atoms with E-state index in [9.17, 15) is 0 Å². The number of aryl methyl sites for hydroxylation is 2. The Kier molecular flexibility index (Phi) is 23.3. The maximum Gasteiger partial charge on any atom is 0.0537 e. The largest absolute Gasteiger partial charge is 0.310 e. The molecule has 0 radical (unpaired) electrons. The van der Waals surface area contributed by atoms with Gasteiger partial charge in [-0.2, -0.15) is 0 Å². The molecule has 1 heterocycles. The van der Waals surface area contributed by atoms with Gasteiger partial charge in [0.15, 0.2) is 0 Å². The van der Waals surface area contributed by atoms with Crippen LogP contribution in [0.2, 0.25) is 0 Å². The summed E-state index contributed by atoms with van der Waals surface area (Å²) in [4.78, 5) is 0. The summed E-state index contributed by atoms with van der Waals surface area (Å²) >= 11 is 0. The molecule has 0 aliphatic heterocycles. The molecule has 0 unspecified atom stereocenters. The average molecular weight is 1070 g/mol. The summed E-state index contributed by atoms with van der Waals surface area (Å²) in [7, 11) is 0. The Morgan fingerprint density at radius 3 is 1.80 bits per heavy atom. The van der Waals surface area contributed by atoms with Crippen LogP contribution in [0.25, 0.3) is 56.1 Å². The van der Waals surface area contributed by atoms with Crippen LogP contribution in [-0.2, 0) is 11.8 Å². The van der Waals surface area contributed by atoms with Crippen molar-refractivity contribution < 1.29 is 0 Å². The van der Waals surface area contributed by atoms with Crippen molar-refractivity contribution in [2.24, 2.45) is 0 Å².